The van der Waals surface area contributed by atoms with Crippen molar-refractivity contribution in [3.63, 3.8) is 0 Å². The van der Waals surface area contributed by atoms with Gasteiger partial charge in [0.1, 0.15) is 5.01 Å². The fraction of sp³-hybridized carbons (Fsp3) is 0.727. The molecule has 86 valence electrons. The van der Waals surface area contributed by atoms with E-state index in [1.807, 2.05) is 6.92 Å². The summed E-state index contributed by atoms with van der Waals surface area (Å²) >= 11 is 1.65. The van der Waals surface area contributed by atoms with Crippen molar-refractivity contribution in [1.29, 1.82) is 0 Å². The molecule has 1 heterocycles. The van der Waals surface area contributed by atoms with Crippen molar-refractivity contribution in [3.8, 4) is 0 Å². The van der Waals surface area contributed by atoms with Gasteiger partial charge in [0.25, 0.3) is 0 Å². The number of rotatable bonds is 6. The lowest BCUT2D eigenvalue weighted by Gasteiger charge is -2.11. The molecule has 1 aromatic heterocycles. The Morgan fingerprint density at radius 2 is 2.27 bits per heavy atom. The second kappa shape index (κ2) is 6.20. The second-order valence-electron chi connectivity index (χ2n) is 3.87. The lowest BCUT2D eigenvalue weighted by molar-refractivity contribution is 0.121. The number of thiazole rings is 1. The average Bonchev–Trinajstić information content (AvgIpc) is 2.65. The molecule has 2 atom stereocenters. The zero-order valence-electron chi connectivity index (χ0n) is 9.69. The summed E-state index contributed by atoms with van der Waals surface area (Å²) in [5, 5.41) is 3.13. The van der Waals surface area contributed by atoms with Crippen LogP contribution in [0.4, 0.5) is 0 Å². The molecule has 0 bridgehead atoms. The van der Waals surface area contributed by atoms with Gasteiger partial charge in [-0.2, -0.15) is 0 Å². The number of nitrogens with two attached hydrogens (primary N) is 1. The zero-order valence-corrected chi connectivity index (χ0v) is 10.5. The van der Waals surface area contributed by atoms with Gasteiger partial charge in [-0.25, -0.2) is 4.98 Å². The molecule has 0 saturated carbocycles. The fourth-order valence-corrected chi connectivity index (χ4v) is 2.01. The van der Waals surface area contributed by atoms with E-state index < -0.39 is 0 Å². The topological polar surface area (TPSA) is 48.1 Å². The lowest BCUT2D eigenvalue weighted by Crippen LogP contribution is -2.22. The van der Waals surface area contributed by atoms with Gasteiger partial charge < -0.3 is 10.5 Å². The Kier molecular flexibility index (Phi) is 5.22. The Morgan fingerprint density at radius 1 is 1.53 bits per heavy atom. The maximum Gasteiger partial charge on any atom is 0.119 e. The van der Waals surface area contributed by atoms with E-state index in [1.165, 1.54) is 0 Å². The molecule has 0 saturated heterocycles. The zero-order chi connectivity index (χ0) is 11.3. The van der Waals surface area contributed by atoms with Crippen molar-refractivity contribution in [2.75, 3.05) is 6.61 Å². The van der Waals surface area contributed by atoms with Crippen LogP contribution in [0.5, 0.6) is 0 Å². The summed E-state index contributed by atoms with van der Waals surface area (Å²) in [4.78, 5) is 4.52. The number of ether oxygens (including phenoxy) is 1. The molecule has 2 N–H and O–H groups in total. The highest BCUT2D eigenvalue weighted by Crippen LogP contribution is 2.20. The molecule has 3 nitrogen and oxygen atoms in total. The molecular weight excluding hydrogens is 208 g/mol. The Bertz CT molecular complexity index is 286. The molecule has 1 aromatic rings. The third-order valence-electron chi connectivity index (χ3n) is 2.40. The monoisotopic (exact) mass is 228 g/mol. The first-order valence-corrected chi connectivity index (χ1v) is 6.30. The molecule has 0 aromatic carbocycles. The third-order valence-corrected chi connectivity index (χ3v) is 3.24. The molecule has 2 unspecified atom stereocenters. The minimum absolute atomic E-state index is 0.150. The van der Waals surface area contributed by atoms with Gasteiger partial charge in [-0.15, -0.1) is 11.3 Å². The third kappa shape index (κ3) is 3.89. The van der Waals surface area contributed by atoms with E-state index in [2.05, 4.69) is 24.2 Å². The second-order valence-corrected chi connectivity index (χ2v) is 4.81. The quantitative estimate of drug-likeness (QED) is 0.761. The van der Waals surface area contributed by atoms with Crippen molar-refractivity contribution in [2.24, 2.45) is 5.73 Å². The highest BCUT2D eigenvalue weighted by Gasteiger charge is 2.13. The predicted molar refractivity (Wildman–Crippen MR) is 64.1 cm³/mol. The summed E-state index contributed by atoms with van der Waals surface area (Å²) in [5.41, 5.74) is 6.92. The van der Waals surface area contributed by atoms with E-state index in [9.17, 15) is 0 Å². The van der Waals surface area contributed by atoms with Crippen molar-refractivity contribution in [3.05, 3.63) is 16.1 Å². The summed E-state index contributed by atoms with van der Waals surface area (Å²) in [6.07, 6.45) is 1.05. The van der Waals surface area contributed by atoms with Crippen molar-refractivity contribution < 1.29 is 4.74 Å². The van der Waals surface area contributed by atoms with Crippen LogP contribution in [0.3, 0.4) is 0 Å². The van der Waals surface area contributed by atoms with Gasteiger partial charge in [0.2, 0.25) is 0 Å². The highest BCUT2D eigenvalue weighted by molar-refractivity contribution is 7.09. The fourth-order valence-electron chi connectivity index (χ4n) is 1.17. The van der Waals surface area contributed by atoms with Crippen LogP contribution in [-0.2, 0) is 11.3 Å². The van der Waals surface area contributed by atoms with Gasteiger partial charge in [-0.1, -0.05) is 13.8 Å². The molecule has 4 heteroatoms. The van der Waals surface area contributed by atoms with Crippen LogP contribution in [-0.4, -0.2) is 17.6 Å². The Hall–Kier alpha value is -0.450. The van der Waals surface area contributed by atoms with Crippen molar-refractivity contribution >= 4 is 11.3 Å². The van der Waals surface area contributed by atoms with E-state index in [0.717, 1.165) is 23.7 Å². The van der Waals surface area contributed by atoms with Crippen LogP contribution in [0.25, 0.3) is 0 Å². The molecule has 0 amide bonds. The maximum atomic E-state index is 5.83. The van der Waals surface area contributed by atoms with Gasteiger partial charge in [0.05, 0.1) is 12.3 Å². The van der Waals surface area contributed by atoms with Gasteiger partial charge in [-0.3, -0.25) is 0 Å². The smallest absolute Gasteiger partial charge is 0.119 e. The number of hydrogen-bond donors (Lipinski definition) is 1. The van der Waals surface area contributed by atoms with Crippen molar-refractivity contribution in [1.82, 2.24) is 4.98 Å². The van der Waals surface area contributed by atoms with Crippen LogP contribution >= 0.6 is 11.3 Å². The summed E-state index contributed by atoms with van der Waals surface area (Å²) in [5.74, 6) is 0.321. The SMILES string of the molecule is CCCOCc1nc(C(C)C(C)N)cs1. The lowest BCUT2D eigenvalue weighted by atomic mass is 10.0. The van der Waals surface area contributed by atoms with E-state index >= 15 is 0 Å². The van der Waals surface area contributed by atoms with Crippen molar-refractivity contribution in [2.45, 2.75) is 45.8 Å². The van der Waals surface area contributed by atoms with Crippen LogP contribution in [0.2, 0.25) is 0 Å². The molecule has 0 aliphatic rings. The first-order chi connectivity index (χ1) is 7.15. The predicted octanol–water partition coefficient (Wildman–Crippen LogP) is 2.52. The minimum Gasteiger partial charge on any atom is -0.374 e. The standard InChI is InChI=1S/C11H20N2OS/c1-4-5-14-6-11-13-10(7-15-11)8(2)9(3)12/h7-9H,4-6,12H2,1-3H3. The molecule has 0 aliphatic heterocycles. The Morgan fingerprint density at radius 3 is 2.87 bits per heavy atom. The van der Waals surface area contributed by atoms with Crippen LogP contribution in [0.15, 0.2) is 5.38 Å². The molecule has 0 aliphatic carbocycles. The van der Waals surface area contributed by atoms with Crippen LogP contribution in [0.1, 0.15) is 43.8 Å². The summed E-state index contributed by atoms with van der Waals surface area (Å²) in [6.45, 7) is 7.65. The van der Waals surface area contributed by atoms with Gasteiger partial charge in [0, 0.05) is 23.9 Å². The Labute approximate surface area is 95.7 Å². The first-order valence-electron chi connectivity index (χ1n) is 5.42. The molecule has 1 rings (SSSR count). The molecule has 0 fully saturated rings. The van der Waals surface area contributed by atoms with E-state index in [4.69, 9.17) is 10.5 Å². The molecular formula is C11H20N2OS. The summed E-state index contributed by atoms with van der Waals surface area (Å²) < 4.78 is 5.44. The van der Waals surface area contributed by atoms with E-state index in [-0.39, 0.29) is 6.04 Å². The van der Waals surface area contributed by atoms with Gasteiger partial charge >= 0.3 is 0 Å². The van der Waals surface area contributed by atoms with E-state index in [1.54, 1.807) is 11.3 Å². The van der Waals surface area contributed by atoms with Crippen LogP contribution in [0, 0.1) is 0 Å². The Balaban J connectivity index is 2.48. The largest absolute Gasteiger partial charge is 0.374 e. The summed E-state index contributed by atoms with van der Waals surface area (Å²) in [7, 11) is 0. The molecule has 15 heavy (non-hydrogen) atoms. The normalized spacial score (nSPS) is 15.2. The summed E-state index contributed by atoms with van der Waals surface area (Å²) in [6, 6.07) is 0.150. The number of hydrogen-bond acceptors (Lipinski definition) is 4. The molecule has 0 spiro atoms. The van der Waals surface area contributed by atoms with Gasteiger partial charge in [0.15, 0.2) is 0 Å². The van der Waals surface area contributed by atoms with Gasteiger partial charge in [-0.05, 0) is 13.3 Å². The maximum absolute atomic E-state index is 5.83. The average molecular weight is 228 g/mol. The number of nitrogens with zero attached hydrogens (tertiary/aromatic N) is 1. The first kappa shape index (κ1) is 12.6. The molecule has 0 radical (unpaired) electrons. The highest BCUT2D eigenvalue weighted by atomic mass is 32.1. The van der Waals surface area contributed by atoms with E-state index in [0.29, 0.717) is 12.5 Å². The van der Waals surface area contributed by atoms with Crippen LogP contribution < -0.4 is 5.73 Å². The minimum atomic E-state index is 0.150. The number of aromatic nitrogens is 1.